The van der Waals surface area contributed by atoms with Gasteiger partial charge in [0.15, 0.2) is 5.76 Å². The Bertz CT molecular complexity index is 1040. The van der Waals surface area contributed by atoms with Crippen LogP contribution in [0.25, 0.3) is 0 Å². The molecule has 1 aromatic heterocycles. The molecule has 158 valence electrons. The van der Waals surface area contributed by atoms with Crippen LogP contribution in [-0.4, -0.2) is 31.2 Å². The third kappa shape index (κ3) is 6.74. The van der Waals surface area contributed by atoms with Gasteiger partial charge in [0.1, 0.15) is 13.8 Å². The number of nitrogens with one attached hydrogen (secondary N) is 2. The standard InChI is InChI=1S/C23H28N2O4Si/c1-15-18(14-19(29-15)20(26)22(28)25-23(2,3)4)21(27)24-17-10-8-9-16(13-17)11-12-30(5,6)7/h8-10,13-14H,1-7H3,(H,24,27)(H,25,28). The number of Topliss-reactive ketones (excluding diaryl/α,β-unsaturated/α-hetero) is 1. The van der Waals surface area contributed by atoms with Crippen LogP contribution < -0.4 is 10.6 Å². The van der Waals surface area contributed by atoms with Crippen LogP contribution in [0, 0.1) is 18.4 Å². The van der Waals surface area contributed by atoms with Crippen LogP contribution in [0.3, 0.4) is 0 Å². The number of hydrogen-bond donors (Lipinski definition) is 2. The van der Waals surface area contributed by atoms with Gasteiger partial charge in [0, 0.05) is 22.9 Å². The van der Waals surface area contributed by atoms with E-state index in [-0.39, 0.29) is 17.1 Å². The van der Waals surface area contributed by atoms with E-state index in [4.69, 9.17) is 4.42 Å². The molecule has 0 atom stereocenters. The average Bonchev–Trinajstić information content (AvgIpc) is 2.99. The molecule has 6 nitrogen and oxygen atoms in total. The lowest BCUT2D eigenvalue weighted by Crippen LogP contribution is -2.44. The van der Waals surface area contributed by atoms with Gasteiger partial charge >= 0.3 is 0 Å². The number of hydrogen-bond acceptors (Lipinski definition) is 4. The highest BCUT2D eigenvalue weighted by molar-refractivity contribution is 6.83. The van der Waals surface area contributed by atoms with E-state index in [9.17, 15) is 14.4 Å². The highest BCUT2D eigenvalue weighted by atomic mass is 28.3. The number of aryl methyl sites for hydroxylation is 1. The smallest absolute Gasteiger partial charge is 0.296 e. The molecule has 30 heavy (non-hydrogen) atoms. The molecule has 0 saturated heterocycles. The normalized spacial score (nSPS) is 11.3. The molecule has 0 fully saturated rings. The summed E-state index contributed by atoms with van der Waals surface area (Å²) in [7, 11) is -1.51. The van der Waals surface area contributed by atoms with E-state index in [0.717, 1.165) is 5.56 Å². The molecular formula is C23H28N2O4Si. The van der Waals surface area contributed by atoms with Gasteiger partial charge in [-0.25, -0.2) is 0 Å². The highest BCUT2D eigenvalue weighted by Gasteiger charge is 2.26. The molecule has 1 aromatic carbocycles. The Balaban J connectivity index is 2.18. The summed E-state index contributed by atoms with van der Waals surface area (Å²) >= 11 is 0. The molecule has 2 aromatic rings. The number of furan rings is 1. The first-order chi connectivity index (χ1) is 13.7. The summed E-state index contributed by atoms with van der Waals surface area (Å²) in [5, 5.41) is 5.37. The monoisotopic (exact) mass is 424 g/mol. The van der Waals surface area contributed by atoms with Gasteiger partial charge < -0.3 is 15.1 Å². The van der Waals surface area contributed by atoms with Crippen molar-refractivity contribution >= 4 is 31.4 Å². The Morgan fingerprint density at radius 2 is 1.73 bits per heavy atom. The summed E-state index contributed by atoms with van der Waals surface area (Å²) in [5.41, 5.74) is 4.32. The van der Waals surface area contributed by atoms with Crippen molar-refractivity contribution in [1.82, 2.24) is 5.32 Å². The number of carbonyl (C=O) groups is 3. The maximum atomic E-state index is 12.7. The fourth-order valence-electron chi connectivity index (χ4n) is 2.46. The van der Waals surface area contributed by atoms with Crippen molar-refractivity contribution in [2.45, 2.75) is 52.9 Å². The molecule has 0 aliphatic carbocycles. The van der Waals surface area contributed by atoms with Gasteiger partial charge in [0.25, 0.3) is 17.6 Å². The van der Waals surface area contributed by atoms with Crippen molar-refractivity contribution in [3.8, 4) is 11.5 Å². The number of ketones is 1. The summed E-state index contributed by atoms with van der Waals surface area (Å²) in [5.74, 6) is 1.21. The minimum absolute atomic E-state index is 0.172. The van der Waals surface area contributed by atoms with Gasteiger partial charge in [-0.1, -0.05) is 31.6 Å². The molecule has 0 unspecified atom stereocenters. The first-order valence-corrected chi connectivity index (χ1v) is 13.2. The van der Waals surface area contributed by atoms with E-state index in [1.165, 1.54) is 6.07 Å². The van der Waals surface area contributed by atoms with Gasteiger partial charge in [0.2, 0.25) is 0 Å². The van der Waals surface area contributed by atoms with Crippen LogP contribution in [0.1, 0.15) is 53.0 Å². The fraction of sp³-hybridized carbons (Fsp3) is 0.348. The molecular weight excluding hydrogens is 396 g/mol. The molecule has 2 rings (SSSR count). The van der Waals surface area contributed by atoms with Gasteiger partial charge in [-0.2, -0.15) is 0 Å². The van der Waals surface area contributed by atoms with Crippen molar-refractivity contribution in [3.63, 3.8) is 0 Å². The summed E-state index contributed by atoms with van der Waals surface area (Å²) < 4.78 is 5.38. The van der Waals surface area contributed by atoms with Gasteiger partial charge in [0.05, 0.1) is 5.56 Å². The SMILES string of the molecule is Cc1oc(C(=O)C(=O)NC(C)(C)C)cc1C(=O)Nc1cccc(C#C[Si](C)(C)C)c1. The summed E-state index contributed by atoms with van der Waals surface area (Å²) in [4.78, 5) is 37.1. The summed E-state index contributed by atoms with van der Waals surface area (Å²) in [6.45, 7) is 13.4. The van der Waals surface area contributed by atoms with Gasteiger partial charge in [-0.15, -0.1) is 5.54 Å². The van der Waals surface area contributed by atoms with Gasteiger partial charge in [-0.05, 0) is 45.9 Å². The van der Waals surface area contributed by atoms with Crippen LogP contribution >= 0.6 is 0 Å². The van der Waals surface area contributed by atoms with Crippen molar-refractivity contribution in [3.05, 3.63) is 53.0 Å². The molecule has 7 heteroatoms. The molecule has 2 amide bonds. The zero-order valence-electron chi connectivity index (χ0n) is 18.5. The highest BCUT2D eigenvalue weighted by Crippen LogP contribution is 2.18. The van der Waals surface area contributed by atoms with Crippen molar-refractivity contribution in [2.75, 3.05) is 5.32 Å². The Morgan fingerprint density at radius 1 is 1.07 bits per heavy atom. The van der Waals surface area contributed by atoms with E-state index in [1.807, 2.05) is 12.1 Å². The predicted octanol–water partition coefficient (Wildman–Crippen LogP) is 4.17. The number of benzene rings is 1. The number of amides is 2. The number of carbonyl (C=O) groups excluding carboxylic acids is 3. The lowest BCUT2D eigenvalue weighted by Gasteiger charge is -2.19. The fourth-order valence-corrected chi connectivity index (χ4v) is 2.98. The lowest BCUT2D eigenvalue weighted by molar-refractivity contribution is -0.118. The minimum atomic E-state index is -1.51. The first-order valence-electron chi connectivity index (χ1n) is 9.67. The van der Waals surface area contributed by atoms with E-state index in [2.05, 4.69) is 41.7 Å². The molecule has 1 heterocycles. The Kier molecular flexibility index (Phi) is 6.73. The zero-order valence-corrected chi connectivity index (χ0v) is 19.5. The molecule has 0 aliphatic heterocycles. The summed E-state index contributed by atoms with van der Waals surface area (Å²) in [6.07, 6.45) is 0. The lowest BCUT2D eigenvalue weighted by atomic mass is 10.1. The zero-order chi connectivity index (χ0) is 22.7. The minimum Gasteiger partial charge on any atom is -0.457 e. The van der Waals surface area contributed by atoms with Crippen LogP contribution in [0.15, 0.2) is 34.7 Å². The number of rotatable bonds is 4. The molecule has 0 spiro atoms. The summed E-state index contributed by atoms with van der Waals surface area (Å²) in [6, 6.07) is 8.55. The Hall–Kier alpha value is -3.11. The molecule has 0 radical (unpaired) electrons. The van der Waals surface area contributed by atoms with Crippen LogP contribution in [0.2, 0.25) is 19.6 Å². The Labute approximate surface area is 178 Å². The van der Waals surface area contributed by atoms with E-state index in [0.29, 0.717) is 5.69 Å². The maximum Gasteiger partial charge on any atom is 0.296 e. The quantitative estimate of drug-likeness (QED) is 0.334. The van der Waals surface area contributed by atoms with E-state index in [1.54, 1.807) is 39.8 Å². The van der Waals surface area contributed by atoms with Gasteiger partial charge in [-0.3, -0.25) is 14.4 Å². The van der Waals surface area contributed by atoms with Crippen LogP contribution in [0.4, 0.5) is 5.69 Å². The van der Waals surface area contributed by atoms with Crippen LogP contribution in [-0.2, 0) is 4.79 Å². The van der Waals surface area contributed by atoms with Crippen molar-refractivity contribution in [2.24, 2.45) is 0 Å². The van der Waals surface area contributed by atoms with Crippen LogP contribution in [0.5, 0.6) is 0 Å². The molecule has 0 saturated carbocycles. The first kappa shape index (κ1) is 23.2. The predicted molar refractivity (Wildman–Crippen MR) is 120 cm³/mol. The topological polar surface area (TPSA) is 88.4 Å². The third-order valence-corrected chi connectivity index (χ3v) is 4.66. The second kappa shape index (κ2) is 8.72. The van der Waals surface area contributed by atoms with Crippen molar-refractivity contribution in [1.29, 1.82) is 0 Å². The second-order valence-electron chi connectivity index (χ2n) is 9.15. The average molecular weight is 425 g/mol. The second-order valence-corrected chi connectivity index (χ2v) is 13.9. The maximum absolute atomic E-state index is 12.7. The van der Waals surface area contributed by atoms with Crippen molar-refractivity contribution < 1.29 is 18.8 Å². The molecule has 0 bridgehead atoms. The van der Waals surface area contributed by atoms with E-state index >= 15 is 0 Å². The van der Waals surface area contributed by atoms with E-state index < -0.39 is 31.2 Å². The Morgan fingerprint density at radius 3 is 2.33 bits per heavy atom. The largest absolute Gasteiger partial charge is 0.457 e. The molecule has 2 N–H and O–H groups in total. The number of anilines is 1. The molecule has 0 aliphatic rings. The third-order valence-electron chi connectivity index (χ3n) is 3.78.